The molecule has 1 N–H and O–H groups in total. The molecule has 2 bridgehead atoms. The van der Waals surface area contributed by atoms with Gasteiger partial charge in [0.2, 0.25) is 10.0 Å². The van der Waals surface area contributed by atoms with E-state index in [0.29, 0.717) is 12.5 Å². The van der Waals surface area contributed by atoms with Crippen molar-refractivity contribution >= 4 is 10.0 Å². The van der Waals surface area contributed by atoms with Crippen molar-refractivity contribution in [1.29, 1.82) is 0 Å². The Morgan fingerprint density at radius 3 is 2.64 bits per heavy atom. The first-order valence-electron chi connectivity index (χ1n) is 5.17. The molecule has 2 fully saturated rings. The highest BCUT2D eigenvalue weighted by atomic mass is 32.2. The van der Waals surface area contributed by atoms with E-state index < -0.39 is 15.3 Å². The van der Waals surface area contributed by atoms with E-state index in [4.69, 9.17) is 5.11 Å². The second-order valence-corrected chi connectivity index (χ2v) is 6.74. The van der Waals surface area contributed by atoms with Gasteiger partial charge in [-0.3, -0.25) is 0 Å². The molecule has 1 heterocycles. The Morgan fingerprint density at radius 2 is 2.21 bits per heavy atom. The van der Waals surface area contributed by atoms with Gasteiger partial charge < -0.3 is 5.11 Å². The average molecular weight is 219 g/mol. The van der Waals surface area contributed by atoms with Crippen LogP contribution in [-0.4, -0.2) is 42.3 Å². The van der Waals surface area contributed by atoms with Crippen LogP contribution in [-0.2, 0) is 10.0 Å². The van der Waals surface area contributed by atoms with Crippen LogP contribution in [0.5, 0.6) is 0 Å². The number of fused-ring (bicyclic) bond motifs is 2. The van der Waals surface area contributed by atoms with Crippen LogP contribution in [0.4, 0.5) is 0 Å². The molecule has 3 unspecified atom stereocenters. The number of piperidine rings is 1. The van der Waals surface area contributed by atoms with Crippen LogP contribution in [0.3, 0.4) is 0 Å². The number of hydrogen-bond acceptors (Lipinski definition) is 3. The zero-order chi connectivity index (χ0) is 10.3. The van der Waals surface area contributed by atoms with Crippen LogP contribution < -0.4 is 0 Å². The van der Waals surface area contributed by atoms with Crippen LogP contribution in [0.25, 0.3) is 0 Å². The quantitative estimate of drug-likeness (QED) is 0.736. The number of nitrogens with zero attached hydrogens (tertiary/aromatic N) is 1. The van der Waals surface area contributed by atoms with Crippen molar-refractivity contribution in [2.45, 2.75) is 37.5 Å². The highest BCUT2D eigenvalue weighted by Gasteiger charge is 2.45. The molecule has 0 spiro atoms. The Kier molecular flexibility index (Phi) is 2.57. The molecule has 0 aromatic rings. The summed E-state index contributed by atoms with van der Waals surface area (Å²) in [4.78, 5) is 0. The first-order valence-corrected chi connectivity index (χ1v) is 6.67. The third-order valence-corrected chi connectivity index (χ3v) is 5.72. The molecule has 1 aliphatic heterocycles. The zero-order valence-electron chi connectivity index (χ0n) is 8.39. The van der Waals surface area contributed by atoms with Gasteiger partial charge in [0.05, 0.1) is 11.9 Å². The third-order valence-electron chi connectivity index (χ3n) is 3.45. The van der Waals surface area contributed by atoms with E-state index in [1.54, 1.807) is 11.2 Å². The molecule has 3 atom stereocenters. The standard InChI is InChI=1S/C9H17NO3S/c1-7(6-11)14(12,13)10-5-8-2-3-9(10)4-8/h7-9,11H,2-6H2,1H3. The molecule has 0 radical (unpaired) electrons. The Balaban J connectivity index is 2.16. The van der Waals surface area contributed by atoms with Crippen molar-refractivity contribution in [1.82, 2.24) is 4.31 Å². The van der Waals surface area contributed by atoms with E-state index in [2.05, 4.69) is 0 Å². The largest absolute Gasteiger partial charge is 0.395 e. The Labute approximate surface area is 85.0 Å². The molecule has 82 valence electrons. The lowest BCUT2D eigenvalue weighted by molar-refractivity contribution is 0.280. The van der Waals surface area contributed by atoms with Gasteiger partial charge in [-0.15, -0.1) is 0 Å². The molecule has 14 heavy (non-hydrogen) atoms. The molecule has 0 amide bonds. The monoisotopic (exact) mass is 219 g/mol. The van der Waals surface area contributed by atoms with E-state index in [0.717, 1.165) is 12.8 Å². The number of hydrogen-bond donors (Lipinski definition) is 1. The number of aliphatic hydroxyl groups excluding tert-OH is 1. The summed E-state index contributed by atoms with van der Waals surface area (Å²) < 4.78 is 25.5. The molecule has 1 saturated carbocycles. The van der Waals surface area contributed by atoms with Gasteiger partial charge >= 0.3 is 0 Å². The van der Waals surface area contributed by atoms with Crippen LogP contribution >= 0.6 is 0 Å². The van der Waals surface area contributed by atoms with Gasteiger partial charge in [0.15, 0.2) is 0 Å². The van der Waals surface area contributed by atoms with E-state index in [1.165, 1.54) is 6.42 Å². The Morgan fingerprint density at radius 1 is 1.50 bits per heavy atom. The van der Waals surface area contributed by atoms with Gasteiger partial charge in [0, 0.05) is 12.6 Å². The molecule has 1 aliphatic carbocycles. The summed E-state index contributed by atoms with van der Waals surface area (Å²) in [6.45, 7) is 1.97. The summed E-state index contributed by atoms with van der Waals surface area (Å²) in [6, 6.07) is 0.221. The minimum Gasteiger partial charge on any atom is -0.395 e. The zero-order valence-corrected chi connectivity index (χ0v) is 9.20. The summed E-state index contributed by atoms with van der Waals surface area (Å²) in [5, 5.41) is 8.24. The molecule has 4 nitrogen and oxygen atoms in total. The van der Waals surface area contributed by atoms with Crippen LogP contribution in [0, 0.1) is 5.92 Å². The predicted molar refractivity (Wildman–Crippen MR) is 53.3 cm³/mol. The fourth-order valence-electron chi connectivity index (χ4n) is 2.52. The van der Waals surface area contributed by atoms with Crippen molar-refractivity contribution in [3.63, 3.8) is 0 Å². The SMILES string of the molecule is CC(CO)S(=O)(=O)N1CC2CCC1C2. The molecular formula is C9H17NO3S. The van der Waals surface area contributed by atoms with E-state index >= 15 is 0 Å². The van der Waals surface area contributed by atoms with Gasteiger partial charge in [-0.05, 0) is 32.1 Å². The number of rotatable bonds is 3. The second-order valence-electron chi connectivity index (χ2n) is 4.44. The minimum absolute atomic E-state index is 0.221. The fraction of sp³-hybridized carbons (Fsp3) is 1.00. The lowest BCUT2D eigenvalue weighted by Crippen LogP contribution is -2.43. The van der Waals surface area contributed by atoms with E-state index in [-0.39, 0.29) is 12.6 Å². The summed E-state index contributed by atoms with van der Waals surface area (Å²) >= 11 is 0. The van der Waals surface area contributed by atoms with Crippen molar-refractivity contribution in [2.24, 2.45) is 5.92 Å². The fourth-order valence-corrected chi connectivity index (χ4v) is 4.19. The van der Waals surface area contributed by atoms with Gasteiger partial charge in [-0.1, -0.05) is 0 Å². The van der Waals surface area contributed by atoms with Crippen molar-refractivity contribution < 1.29 is 13.5 Å². The maximum Gasteiger partial charge on any atom is 0.219 e. The molecule has 2 aliphatic rings. The first-order chi connectivity index (χ1) is 6.55. The Bertz CT molecular complexity index is 314. The van der Waals surface area contributed by atoms with Gasteiger partial charge in [-0.25, -0.2) is 8.42 Å². The van der Waals surface area contributed by atoms with Gasteiger partial charge in [-0.2, -0.15) is 4.31 Å². The molecular weight excluding hydrogens is 202 g/mol. The van der Waals surface area contributed by atoms with Gasteiger partial charge in [0.1, 0.15) is 0 Å². The number of sulfonamides is 1. The van der Waals surface area contributed by atoms with E-state index in [9.17, 15) is 8.42 Å². The average Bonchev–Trinajstić information content (AvgIpc) is 2.77. The summed E-state index contributed by atoms with van der Waals surface area (Å²) in [5.74, 6) is 0.570. The lowest BCUT2D eigenvalue weighted by Gasteiger charge is -2.28. The lowest BCUT2D eigenvalue weighted by atomic mass is 10.1. The predicted octanol–water partition coefficient (Wildman–Crippen LogP) is 0.181. The van der Waals surface area contributed by atoms with Crippen molar-refractivity contribution in [3.8, 4) is 0 Å². The molecule has 2 rings (SSSR count). The maximum atomic E-state index is 11.9. The summed E-state index contributed by atoms with van der Waals surface area (Å²) in [6.07, 6.45) is 3.20. The highest BCUT2D eigenvalue weighted by Crippen LogP contribution is 2.39. The first kappa shape index (κ1) is 10.4. The normalized spacial score (nSPS) is 35.0. The van der Waals surface area contributed by atoms with Crippen LogP contribution in [0.1, 0.15) is 26.2 Å². The van der Waals surface area contributed by atoms with Gasteiger partial charge in [0.25, 0.3) is 0 Å². The maximum absolute atomic E-state index is 11.9. The van der Waals surface area contributed by atoms with Crippen molar-refractivity contribution in [2.75, 3.05) is 13.2 Å². The van der Waals surface area contributed by atoms with E-state index in [1.807, 2.05) is 0 Å². The topological polar surface area (TPSA) is 57.6 Å². The summed E-state index contributed by atoms with van der Waals surface area (Å²) in [7, 11) is -3.24. The molecule has 0 aromatic carbocycles. The molecule has 0 aromatic heterocycles. The Hall–Kier alpha value is -0.130. The molecule has 5 heteroatoms. The smallest absolute Gasteiger partial charge is 0.219 e. The third kappa shape index (κ3) is 1.47. The van der Waals surface area contributed by atoms with Crippen LogP contribution in [0.15, 0.2) is 0 Å². The summed E-state index contributed by atoms with van der Waals surface area (Å²) in [5.41, 5.74) is 0. The number of aliphatic hydroxyl groups is 1. The second kappa shape index (κ2) is 3.47. The highest BCUT2D eigenvalue weighted by molar-refractivity contribution is 7.89. The minimum atomic E-state index is -3.24. The van der Waals surface area contributed by atoms with Crippen molar-refractivity contribution in [3.05, 3.63) is 0 Å². The molecule has 1 saturated heterocycles. The van der Waals surface area contributed by atoms with Crippen LogP contribution in [0.2, 0.25) is 0 Å².